The van der Waals surface area contributed by atoms with Crippen molar-refractivity contribution in [2.45, 2.75) is 38.3 Å². The Hall–Kier alpha value is -1.26. The average Bonchev–Trinajstić information content (AvgIpc) is 3.31. The van der Waals surface area contributed by atoms with E-state index < -0.39 is 6.10 Å². The van der Waals surface area contributed by atoms with Crippen molar-refractivity contribution in [3.05, 3.63) is 23.8 Å². The maximum absolute atomic E-state index is 10.3. The van der Waals surface area contributed by atoms with Crippen LogP contribution in [0, 0.1) is 5.92 Å². The first kappa shape index (κ1) is 15.1. The fourth-order valence-corrected chi connectivity index (χ4v) is 2.55. The zero-order valence-corrected chi connectivity index (χ0v) is 12.6. The molecule has 1 fully saturated rings. The van der Waals surface area contributed by atoms with Crippen molar-refractivity contribution in [3.63, 3.8) is 0 Å². The van der Waals surface area contributed by atoms with Crippen LogP contribution in [0.2, 0.25) is 0 Å². The van der Waals surface area contributed by atoms with Crippen LogP contribution >= 0.6 is 0 Å². The van der Waals surface area contributed by atoms with Gasteiger partial charge in [0.1, 0.15) is 11.5 Å². The minimum Gasteiger partial charge on any atom is -0.497 e. The maximum atomic E-state index is 10.3. The quantitative estimate of drug-likeness (QED) is 0.768. The highest BCUT2D eigenvalue weighted by Crippen LogP contribution is 2.34. The van der Waals surface area contributed by atoms with E-state index in [4.69, 9.17) is 9.47 Å². The molecular weight excluding hydrogens is 254 g/mol. The van der Waals surface area contributed by atoms with Crippen molar-refractivity contribution < 1.29 is 14.6 Å². The maximum Gasteiger partial charge on any atom is 0.122 e. The fraction of sp³-hybridized carbons (Fsp3) is 0.625. The first-order valence-electron chi connectivity index (χ1n) is 7.32. The molecule has 1 aliphatic rings. The molecule has 1 aliphatic carbocycles. The van der Waals surface area contributed by atoms with E-state index in [2.05, 4.69) is 12.2 Å². The van der Waals surface area contributed by atoms with E-state index in [0.29, 0.717) is 24.1 Å². The number of aliphatic hydroxyl groups excluding tert-OH is 1. The van der Waals surface area contributed by atoms with Crippen LogP contribution < -0.4 is 14.8 Å². The van der Waals surface area contributed by atoms with E-state index in [1.165, 1.54) is 12.8 Å². The Morgan fingerprint density at radius 3 is 2.25 bits per heavy atom. The van der Waals surface area contributed by atoms with Crippen LogP contribution in [0.5, 0.6) is 11.5 Å². The molecule has 0 spiro atoms. The number of benzene rings is 1. The Balaban J connectivity index is 1.98. The second kappa shape index (κ2) is 6.95. The van der Waals surface area contributed by atoms with Crippen molar-refractivity contribution >= 4 is 0 Å². The summed E-state index contributed by atoms with van der Waals surface area (Å²) >= 11 is 0. The van der Waals surface area contributed by atoms with Crippen molar-refractivity contribution in [2.75, 3.05) is 20.8 Å². The minimum atomic E-state index is -0.549. The predicted molar refractivity (Wildman–Crippen MR) is 79.3 cm³/mol. The van der Waals surface area contributed by atoms with Crippen molar-refractivity contribution in [3.8, 4) is 11.5 Å². The van der Waals surface area contributed by atoms with Crippen LogP contribution in [0.4, 0.5) is 0 Å². The van der Waals surface area contributed by atoms with Crippen LogP contribution in [0.3, 0.4) is 0 Å². The van der Waals surface area contributed by atoms with Gasteiger partial charge in [0.15, 0.2) is 0 Å². The van der Waals surface area contributed by atoms with E-state index in [1.54, 1.807) is 14.2 Å². The van der Waals surface area contributed by atoms with E-state index in [0.717, 1.165) is 17.9 Å². The predicted octanol–water partition coefficient (Wildman–Crippen LogP) is 2.52. The molecule has 2 N–H and O–H groups in total. The molecule has 0 aliphatic heterocycles. The first-order chi connectivity index (χ1) is 9.67. The lowest BCUT2D eigenvalue weighted by atomic mass is 10.1. The fourth-order valence-electron chi connectivity index (χ4n) is 2.55. The molecule has 1 aromatic rings. The summed E-state index contributed by atoms with van der Waals surface area (Å²) in [4.78, 5) is 0. The third kappa shape index (κ3) is 3.87. The van der Waals surface area contributed by atoms with Gasteiger partial charge in [0, 0.05) is 18.7 Å². The molecule has 112 valence electrons. The summed E-state index contributed by atoms with van der Waals surface area (Å²) in [6.07, 6.45) is 3.19. The number of nitrogens with one attached hydrogen (secondary N) is 1. The van der Waals surface area contributed by atoms with Gasteiger partial charge in [-0.05, 0) is 42.9 Å². The summed E-state index contributed by atoms with van der Waals surface area (Å²) in [5.74, 6) is 2.20. The second-order valence-electron chi connectivity index (χ2n) is 5.42. The molecule has 0 bridgehead atoms. The van der Waals surface area contributed by atoms with Crippen LogP contribution in [0.1, 0.15) is 37.9 Å². The summed E-state index contributed by atoms with van der Waals surface area (Å²) < 4.78 is 10.5. The van der Waals surface area contributed by atoms with E-state index in [1.807, 2.05) is 18.2 Å². The molecule has 1 saturated carbocycles. The Bertz CT molecular complexity index is 409. The zero-order chi connectivity index (χ0) is 14.5. The van der Waals surface area contributed by atoms with Crippen molar-refractivity contribution in [1.82, 2.24) is 5.32 Å². The van der Waals surface area contributed by atoms with Gasteiger partial charge in [-0.15, -0.1) is 0 Å². The lowest BCUT2D eigenvalue weighted by Crippen LogP contribution is -2.33. The van der Waals surface area contributed by atoms with Gasteiger partial charge in [-0.25, -0.2) is 0 Å². The highest BCUT2D eigenvalue weighted by atomic mass is 16.5. The number of aliphatic hydroxyl groups is 1. The zero-order valence-electron chi connectivity index (χ0n) is 12.6. The SMILES string of the molecule is CCC(NCC(O)c1cc(OC)cc(OC)c1)C1CC1. The molecule has 0 heterocycles. The average molecular weight is 279 g/mol. The molecule has 20 heavy (non-hydrogen) atoms. The Morgan fingerprint density at radius 1 is 1.20 bits per heavy atom. The van der Waals surface area contributed by atoms with Crippen LogP contribution in [0.25, 0.3) is 0 Å². The molecule has 0 aromatic heterocycles. The molecule has 2 rings (SSSR count). The van der Waals surface area contributed by atoms with Gasteiger partial charge in [0.2, 0.25) is 0 Å². The van der Waals surface area contributed by atoms with Gasteiger partial charge >= 0.3 is 0 Å². The van der Waals surface area contributed by atoms with Crippen molar-refractivity contribution in [1.29, 1.82) is 0 Å². The summed E-state index contributed by atoms with van der Waals surface area (Å²) in [5, 5.41) is 13.8. The second-order valence-corrected chi connectivity index (χ2v) is 5.42. The number of ether oxygens (including phenoxy) is 2. The summed E-state index contributed by atoms with van der Waals surface area (Å²) in [6.45, 7) is 2.75. The Kier molecular flexibility index (Phi) is 5.26. The largest absolute Gasteiger partial charge is 0.497 e. The van der Waals surface area contributed by atoms with Crippen LogP contribution in [-0.2, 0) is 0 Å². The van der Waals surface area contributed by atoms with E-state index >= 15 is 0 Å². The molecule has 0 amide bonds. The minimum absolute atomic E-state index is 0.525. The molecule has 2 unspecified atom stereocenters. The lowest BCUT2D eigenvalue weighted by molar-refractivity contribution is 0.166. The molecule has 2 atom stereocenters. The molecule has 1 aromatic carbocycles. The third-order valence-corrected chi connectivity index (χ3v) is 3.96. The molecule has 0 saturated heterocycles. The topological polar surface area (TPSA) is 50.7 Å². The highest BCUT2D eigenvalue weighted by molar-refractivity contribution is 5.39. The number of hydrogen-bond donors (Lipinski definition) is 2. The van der Waals surface area contributed by atoms with Crippen LogP contribution in [0.15, 0.2) is 18.2 Å². The summed E-state index contributed by atoms with van der Waals surface area (Å²) in [6, 6.07) is 6.04. The van der Waals surface area contributed by atoms with Crippen molar-refractivity contribution in [2.24, 2.45) is 5.92 Å². The highest BCUT2D eigenvalue weighted by Gasteiger charge is 2.29. The Labute approximate surface area is 121 Å². The molecular formula is C16H25NO3. The van der Waals surface area contributed by atoms with Gasteiger partial charge in [-0.3, -0.25) is 0 Å². The number of rotatable bonds is 8. The first-order valence-corrected chi connectivity index (χ1v) is 7.32. The standard InChI is InChI=1S/C16H25NO3/c1-4-15(11-5-6-11)17-10-16(18)12-7-13(19-2)9-14(8-12)20-3/h7-9,11,15-18H,4-6,10H2,1-3H3. The summed E-state index contributed by atoms with van der Waals surface area (Å²) in [5.41, 5.74) is 0.819. The monoisotopic (exact) mass is 279 g/mol. The third-order valence-electron chi connectivity index (χ3n) is 3.96. The van der Waals surface area contributed by atoms with Gasteiger partial charge in [0.25, 0.3) is 0 Å². The van der Waals surface area contributed by atoms with Crippen LogP contribution in [-0.4, -0.2) is 31.9 Å². The van der Waals surface area contributed by atoms with Gasteiger partial charge in [0.05, 0.1) is 20.3 Å². The normalized spacial score (nSPS) is 17.6. The Morgan fingerprint density at radius 2 is 1.80 bits per heavy atom. The number of hydrogen-bond acceptors (Lipinski definition) is 4. The molecule has 0 radical (unpaired) electrons. The summed E-state index contributed by atoms with van der Waals surface area (Å²) in [7, 11) is 3.23. The van der Waals surface area contributed by atoms with Gasteiger partial charge in [-0.2, -0.15) is 0 Å². The molecule has 4 nitrogen and oxygen atoms in total. The van der Waals surface area contributed by atoms with E-state index in [-0.39, 0.29) is 0 Å². The van der Waals surface area contributed by atoms with Gasteiger partial charge in [-0.1, -0.05) is 6.92 Å². The smallest absolute Gasteiger partial charge is 0.122 e. The lowest BCUT2D eigenvalue weighted by Gasteiger charge is -2.20. The van der Waals surface area contributed by atoms with Gasteiger partial charge < -0.3 is 19.9 Å². The molecule has 4 heteroatoms. The van der Waals surface area contributed by atoms with E-state index in [9.17, 15) is 5.11 Å². The number of methoxy groups -OCH3 is 2.